The van der Waals surface area contributed by atoms with Gasteiger partial charge in [0.05, 0.1) is 5.69 Å². The molecule has 2 aromatic rings. The molecule has 1 heterocycles. The highest BCUT2D eigenvalue weighted by atomic mass is 16.1. The molecule has 0 saturated heterocycles. The molecule has 92 valence electrons. The van der Waals surface area contributed by atoms with Crippen LogP contribution in [0.5, 0.6) is 0 Å². The minimum Gasteiger partial charge on any atom is -0.292 e. The second kappa shape index (κ2) is 4.09. The molecule has 3 heteroatoms. The Morgan fingerprint density at radius 3 is 2.72 bits per heavy atom. The number of ketones is 1. The second-order valence-corrected chi connectivity index (χ2v) is 4.96. The number of carbonyl (C=O) groups is 1. The summed E-state index contributed by atoms with van der Waals surface area (Å²) < 4.78 is 1.75. The van der Waals surface area contributed by atoms with E-state index < -0.39 is 0 Å². The largest absolute Gasteiger partial charge is 0.292 e. The third kappa shape index (κ3) is 1.58. The molecule has 0 bridgehead atoms. The van der Waals surface area contributed by atoms with Crippen molar-refractivity contribution in [2.24, 2.45) is 7.05 Å². The zero-order valence-electron chi connectivity index (χ0n) is 10.7. The zero-order chi connectivity index (χ0) is 12.7. The molecule has 18 heavy (non-hydrogen) atoms. The fraction of sp³-hybridized carbons (Fsp3) is 0.333. The van der Waals surface area contributed by atoms with Gasteiger partial charge in [0.25, 0.3) is 0 Å². The molecule has 0 amide bonds. The van der Waals surface area contributed by atoms with Gasteiger partial charge in [-0.2, -0.15) is 5.10 Å². The number of aryl methyl sites for hydroxylation is 1. The van der Waals surface area contributed by atoms with Crippen LogP contribution in [-0.4, -0.2) is 15.6 Å². The molecule has 1 aliphatic carbocycles. The van der Waals surface area contributed by atoms with Crippen LogP contribution in [0, 0.1) is 0 Å². The van der Waals surface area contributed by atoms with Gasteiger partial charge in [0, 0.05) is 24.6 Å². The fourth-order valence-electron chi connectivity index (χ4n) is 2.76. The Balaban J connectivity index is 2.24. The van der Waals surface area contributed by atoms with Gasteiger partial charge < -0.3 is 0 Å². The van der Waals surface area contributed by atoms with E-state index in [1.54, 1.807) is 4.68 Å². The molecule has 0 radical (unpaired) electrons. The van der Waals surface area contributed by atoms with Crippen molar-refractivity contribution in [3.63, 3.8) is 0 Å². The summed E-state index contributed by atoms with van der Waals surface area (Å²) >= 11 is 0. The molecule has 0 aliphatic heterocycles. The maximum absolute atomic E-state index is 12.0. The molecule has 1 aromatic carbocycles. The van der Waals surface area contributed by atoms with E-state index in [9.17, 15) is 4.79 Å². The van der Waals surface area contributed by atoms with Crippen molar-refractivity contribution in [3.8, 4) is 11.3 Å². The number of carbonyl (C=O) groups excluding carboxylic acids is 1. The van der Waals surface area contributed by atoms with Crippen molar-refractivity contribution in [3.05, 3.63) is 41.6 Å². The molecule has 0 fully saturated rings. The maximum atomic E-state index is 12.0. The second-order valence-electron chi connectivity index (χ2n) is 4.96. The summed E-state index contributed by atoms with van der Waals surface area (Å²) in [7, 11) is 1.86. The lowest BCUT2D eigenvalue weighted by Gasteiger charge is -2.19. The summed E-state index contributed by atoms with van der Waals surface area (Å²) in [6, 6.07) is 10.1. The molecule has 1 atom stereocenters. The van der Waals surface area contributed by atoms with Crippen LogP contribution < -0.4 is 0 Å². The van der Waals surface area contributed by atoms with Crippen LogP contribution in [-0.2, 0) is 7.05 Å². The SMILES string of the molecule is CC1CCC(=O)c2c1c(-c1ccccc1)nn2C. The Kier molecular flexibility index (Phi) is 2.54. The summed E-state index contributed by atoms with van der Waals surface area (Å²) in [6.07, 6.45) is 1.57. The lowest BCUT2D eigenvalue weighted by Crippen LogP contribution is -2.16. The van der Waals surface area contributed by atoms with Gasteiger partial charge in [-0.05, 0) is 12.3 Å². The molecular formula is C15H16N2O. The van der Waals surface area contributed by atoms with Gasteiger partial charge in [0.15, 0.2) is 5.78 Å². The summed E-state index contributed by atoms with van der Waals surface area (Å²) in [6.45, 7) is 2.18. The van der Waals surface area contributed by atoms with Crippen LogP contribution in [0.3, 0.4) is 0 Å². The lowest BCUT2D eigenvalue weighted by molar-refractivity contribution is 0.0958. The summed E-state index contributed by atoms with van der Waals surface area (Å²) in [5.41, 5.74) is 3.98. The number of Topliss-reactive ketones (excluding diaryl/α,β-unsaturated/α-hetero) is 1. The zero-order valence-corrected chi connectivity index (χ0v) is 10.7. The van der Waals surface area contributed by atoms with Crippen molar-refractivity contribution < 1.29 is 4.79 Å². The van der Waals surface area contributed by atoms with Gasteiger partial charge in [-0.1, -0.05) is 37.3 Å². The first-order valence-corrected chi connectivity index (χ1v) is 6.34. The van der Waals surface area contributed by atoms with E-state index in [1.165, 1.54) is 0 Å². The van der Waals surface area contributed by atoms with Gasteiger partial charge >= 0.3 is 0 Å². The minimum absolute atomic E-state index is 0.222. The molecule has 0 spiro atoms. The highest BCUT2D eigenvalue weighted by molar-refractivity contribution is 5.99. The van der Waals surface area contributed by atoms with Gasteiger partial charge in [-0.3, -0.25) is 9.48 Å². The van der Waals surface area contributed by atoms with E-state index in [0.29, 0.717) is 12.3 Å². The van der Waals surface area contributed by atoms with Gasteiger partial charge in [-0.15, -0.1) is 0 Å². The monoisotopic (exact) mass is 240 g/mol. The molecule has 1 aliphatic rings. The highest BCUT2D eigenvalue weighted by Gasteiger charge is 2.30. The fourth-order valence-corrected chi connectivity index (χ4v) is 2.76. The molecular weight excluding hydrogens is 224 g/mol. The quantitative estimate of drug-likeness (QED) is 0.767. The summed E-state index contributed by atoms with van der Waals surface area (Å²) in [5.74, 6) is 0.627. The Bertz CT molecular complexity index is 598. The Morgan fingerprint density at radius 1 is 1.28 bits per heavy atom. The topological polar surface area (TPSA) is 34.9 Å². The Morgan fingerprint density at radius 2 is 2.00 bits per heavy atom. The van der Waals surface area contributed by atoms with E-state index in [4.69, 9.17) is 0 Å². The first-order valence-electron chi connectivity index (χ1n) is 6.34. The summed E-state index contributed by atoms with van der Waals surface area (Å²) in [5, 5.41) is 4.56. The third-order valence-corrected chi connectivity index (χ3v) is 3.69. The standard InChI is InChI=1S/C15H16N2O/c1-10-8-9-12(18)15-13(10)14(16-17(15)2)11-6-4-3-5-7-11/h3-7,10H,8-9H2,1-2H3. The predicted octanol–water partition coefficient (Wildman–Crippen LogP) is 3.17. The van der Waals surface area contributed by atoms with Crippen LogP contribution in [0.4, 0.5) is 0 Å². The molecule has 3 rings (SSSR count). The third-order valence-electron chi connectivity index (χ3n) is 3.69. The smallest absolute Gasteiger partial charge is 0.181 e. The van der Waals surface area contributed by atoms with Crippen molar-refractivity contribution in [2.75, 3.05) is 0 Å². The molecule has 0 saturated carbocycles. The number of aromatic nitrogens is 2. The predicted molar refractivity (Wildman–Crippen MR) is 70.6 cm³/mol. The number of fused-ring (bicyclic) bond motifs is 1. The van der Waals surface area contributed by atoms with Crippen molar-refractivity contribution in [1.82, 2.24) is 9.78 Å². The number of benzene rings is 1. The van der Waals surface area contributed by atoms with Crippen LogP contribution in [0.25, 0.3) is 11.3 Å². The van der Waals surface area contributed by atoms with Crippen LogP contribution in [0.2, 0.25) is 0 Å². The average Bonchev–Trinajstić information content (AvgIpc) is 2.74. The minimum atomic E-state index is 0.222. The Labute approximate surface area is 106 Å². The maximum Gasteiger partial charge on any atom is 0.181 e. The highest BCUT2D eigenvalue weighted by Crippen LogP contribution is 2.37. The van der Waals surface area contributed by atoms with Crippen molar-refractivity contribution in [1.29, 1.82) is 0 Å². The average molecular weight is 240 g/mol. The van der Waals surface area contributed by atoms with Crippen LogP contribution in [0.15, 0.2) is 30.3 Å². The van der Waals surface area contributed by atoms with Crippen molar-refractivity contribution >= 4 is 5.78 Å². The van der Waals surface area contributed by atoms with Crippen LogP contribution in [0.1, 0.15) is 41.7 Å². The lowest BCUT2D eigenvalue weighted by atomic mass is 9.84. The summed E-state index contributed by atoms with van der Waals surface area (Å²) in [4.78, 5) is 12.0. The van der Waals surface area contributed by atoms with Gasteiger partial charge in [0.2, 0.25) is 0 Å². The molecule has 3 nitrogen and oxygen atoms in total. The molecule has 0 N–H and O–H groups in total. The normalized spacial score (nSPS) is 18.8. The number of rotatable bonds is 1. The van der Waals surface area contributed by atoms with Gasteiger partial charge in [-0.25, -0.2) is 0 Å². The van der Waals surface area contributed by atoms with E-state index in [-0.39, 0.29) is 5.78 Å². The number of nitrogens with zero attached hydrogens (tertiary/aromatic N) is 2. The van der Waals surface area contributed by atoms with Crippen LogP contribution >= 0.6 is 0 Å². The van der Waals surface area contributed by atoms with Crippen molar-refractivity contribution in [2.45, 2.75) is 25.7 Å². The van der Waals surface area contributed by atoms with Gasteiger partial charge in [0.1, 0.15) is 5.69 Å². The van der Waals surface area contributed by atoms with E-state index in [2.05, 4.69) is 24.2 Å². The van der Waals surface area contributed by atoms with E-state index in [1.807, 2.05) is 25.2 Å². The Hall–Kier alpha value is -1.90. The molecule has 1 unspecified atom stereocenters. The van der Waals surface area contributed by atoms with E-state index >= 15 is 0 Å². The number of hydrogen-bond acceptors (Lipinski definition) is 2. The molecule has 1 aromatic heterocycles. The number of hydrogen-bond donors (Lipinski definition) is 0. The van der Waals surface area contributed by atoms with E-state index in [0.717, 1.165) is 28.9 Å². The first-order chi connectivity index (χ1) is 8.68. The first kappa shape index (κ1) is 11.2.